The van der Waals surface area contributed by atoms with Crippen molar-refractivity contribution in [1.29, 1.82) is 0 Å². The zero-order valence-corrected chi connectivity index (χ0v) is 10.2. The van der Waals surface area contributed by atoms with Gasteiger partial charge in [0.25, 0.3) is 0 Å². The first-order valence-corrected chi connectivity index (χ1v) is 6.42. The summed E-state index contributed by atoms with van der Waals surface area (Å²) in [6.45, 7) is 6.71. The highest BCUT2D eigenvalue weighted by atomic mass is 16.2. The Morgan fingerprint density at radius 2 is 1.94 bits per heavy atom. The molecular formula is C12H23N3O. The number of rotatable bonds is 3. The van der Waals surface area contributed by atoms with Crippen LogP contribution in [-0.2, 0) is 4.79 Å². The van der Waals surface area contributed by atoms with E-state index in [0.29, 0.717) is 24.4 Å². The third kappa shape index (κ3) is 2.74. The monoisotopic (exact) mass is 225 g/mol. The van der Waals surface area contributed by atoms with E-state index in [-0.39, 0.29) is 0 Å². The Kier molecular flexibility index (Phi) is 3.82. The molecule has 0 aromatic heterocycles. The average Bonchev–Trinajstić information content (AvgIpc) is 2.15. The summed E-state index contributed by atoms with van der Waals surface area (Å²) in [7, 11) is 0. The molecule has 2 rings (SSSR count). The third-order valence-corrected chi connectivity index (χ3v) is 3.94. The standard InChI is InChI=1S/C12H23N3O/c1-10(13)11-3-7-14(8-4-11)9-12(16)15-5-2-6-15/h10-11H,2-9,13H2,1H3. The van der Waals surface area contributed by atoms with Gasteiger partial charge in [0, 0.05) is 19.1 Å². The molecule has 1 atom stereocenters. The molecule has 2 aliphatic heterocycles. The quantitative estimate of drug-likeness (QED) is 0.750. The van der Waals surface area contributed by atoms with E-state index in [0.717, 1.165) is 39.0 Å². The topological polar surface area (TPSA) is 49.6 Å². The molecule has 0 bridgehead atoms. The van der Waals surface area contributed by atoms with E-state index in [2.05, 4.69) is 11.8 Å². The van der Waals surface area contributed by atoms with Crippen LogP contribution in [0.1, 0.15) is 26.2 Å². The lowest BCUT2D eigenvalue weighted by Gasteiger charge is -2.36. The van der Waals surface area contributed by atoms with Crippen LogP contribution >= 0.6 is 0 Å². The molecule has 2 fully saturated rings. The Balaban J connectivity index is 1.70. The second-order valence-electron chi connectivity index (χ2n) is 5.21. The molecule has 2 heterocycles. The molecular weight excluding hydrogens is 202 g/mol. The minimum absolute atomic E-state index is 0.299. The van der Waals surface area contributed by atoms with Crippen LogP contribution in [0, 0.1) is 5.92 Å². The molecule has 2 saturated heterocycles. The van der Waals surface area contributed by atoms with Gasteiger partial charge in [-0.15, -0.1) is 0 Å². The molecule has 92 valence electrons. The van der Waals surface area contributed by atoms with E-state index < -0.39 is 0 Å². The van der Waals surface area contributed by atoms with Crippen molar-refractivity contribution in [3.05, 3.63) is 0 Å². The van der Waals surface area contributed by atoms with Gasteiger partial charge in [0.2, 0.25) is 5.91 Å². The molecule has 4 nitrogen and oxygen atoms in total. The highest BCUT2D eigenvalue weighted by Crippen LogP contribution is 2.19. The van der Waals surface area contributed by atoms with Crippen molar-refractivity contribution in [2.24, 2.45) is 11.7 Å². The number of carbonyl (C=O) groups excluding carboxylic acids is 1. The normalized spacial score (nSPS) is 25.2. The summed E-state index contributed by atoms with van der Waals surface area (Å²) < 4.78 is 0. The fourth-order valence-electron chi connectivity index (χ4n) is 2.49. The zero-order chi connectivity index (χ0) is 11.5. The van der Waals surface area contributed by atoms with Gasteiger partial charge >= 0.3 is 0 Å². The van der Waals surface area contributed by atoms with Gasteiger partial charge in [-0.05, 0) is 45.2 Å². The molecule has 0 aromatic rings. The maximum atomic E-state index is 11.8. The van der Waals surface area contributed by atoms with Crippen LogP contribution in [0.4, 0.5) is 0 Å². The molecule has 0 aromatic carbocycles. The average molecular weight is 225 g/mol. The maximum Gasteiger partial charge on any atom is 0.236 e. The Morgan fingerprint density at radius 1 is 1.31 bits per heavy atom. The molecule has 0 saturated carbocycles. The molecule has 2 N–H and O–H groups in total. The van der Waals surface area contributed by atoms with Crippen LogP contribution in [0.25, 0.3) is 0 Å². The van der Waals surface area contributed by atoms with Gasteiger partial charge in [0.05, 0.1) is 6.54 Å². The first-order chi connectivity index (χ1) is 7.66. The summed E-state index contributed by atoms with van der Waals surface area (Å²) in [5.41, 5.74) is 5.90. The fourth-order valence-corrected chi connectivity index (χ4v) is 2.49. The van der Waals surface area contributed by atoms with Crippen LogP contribution in [0.3, 0.4) is 0 Å². The number of nitrogens with zero attached hydrogens (tertiary/aromatic N) is 2. The Hall–Kier alpha value is -0.610. The Morgan fingerprint density at radius 3 is 2.38 bits per heavy atom. The van der Waals surface area contributed by atoms with Crippen molar-refractivity contribution in [1.82, 2.24) is 9.80 Å². The van der Waals surface area contributed by atoms with E-state index in [1.807, 2.05) is 4.90 Å². The summed E-state index contributed by atoms with van der Waals surface area (Å²) in [5, 5.41) is 0. The van der Waals surface area contributed by atoms with Crippen molar-refractivity contribution in [3.8, 4) is 0 Å². The smallest absolute Gasteiger partial charge is 0.236 e. The fraction of sp³-hybridized carbons (Fsp3) is 0.917. The molecule has 16 heavy (non-hydrogen) atoms. The number of hydrogen-bond acceptors (Lipinski definition) is 3. The van der Waals surface area contributed by atoms with Gasteiger partial charge < -0.3 is 10.6 Å². The zero-order valence-electron chi connectivity index (χ0n) is 10.2. The molecule has 0 spiro atoms. The second kappa shape index (κ2) is 5.15. The van der Waals surface area contributed by atoms with Crippen LogP contribution in [0.5, 0.6) is 0 Å². The van der Waals surface area contributed by atoms with Crippen molar-refractivity contribution < 1.29 is 4.79 Å². The van der Waals surface area contributed by atoms with Gasteiger partial charge in [0.15, 0.2) is 0 Å². The third-order valence-electron chi connectivity index (χ3n) is 3.94. The summed E-state index contributed by atoms with van der Waals surface area (Å²) >= 11 is 0. The predicted octanol–water partition coefficient (Wildman–Crippen LogP) is 0.278. The van der Waals surface area contributed by atoms with Gasteiger partial charge in [-0.3, -0.25) is 9.69 Å². The van der Waals surface area contributed by atoms with E-state index >= 15 is 0 Å². The summed E-state index contributed by atoms with van der Waals surface area (Å²) in [6.07, 6.45) is 3.47. The van der Waals surface area contributed by atoms with Gasteiger partial charge in [-0.1, -0.05) is 0 Å². The highest BCUT2D eigenvalue weighted by Gasteiger charge is 2.26. The van der Waals surface area contributed by atoms with E-state index in [1.54, 1.807) is 0 Å². The van der Waals surface area contributed by atoms with Crippen LogP contribution in [0.15, 0.2) is 0 Å². The first kappa shape index (κ1) is 11.9. The van der Waals surface area contributed by atoms with Crippen LogP contribution < -0.4 is 5.73 Å². The second-order valence-corrected chi connectivity index (χ2v) is 5.21. The Bertz CT molecular complexity index is 243. The van der Waals surface area contributed by atoms with Gasteiger partial charge in [0.1, 0.15) is 0 Å². The maximum absolute atomic E-state index is 11.8. The number of likely N-dealkylation sites (tertiary alicyclic amines) is 2. The summed E-state index contributed by atoms with van der Waals surface area (Å²) in [4.78, 5) is 16.0. The van der Waals surface area contributed by atoms with Gasteiger partial charge in [-0.2, -0.15) is 0 Å². The van der Waals surface area contributed by atoms with Crippen molar-refractivity contribution >= 4 is 5.91 Å². The SMILES string of the molecule is CC(N)C1CCN(CC(=O)N2CCC2)CC1. The summed E-state index contributed by atoms with van der Waals surface area (Å²) in [6, 6.07) is 0.299. The number of hydrogen-bond donors (Lipinski definition) is 1. The number of carbonyl (C=O) groups is 1. The van der Waals surface area contributed by atoms with Gasteiger partial charge in [-0.25, -0.2) is 0 Å². The molecule has 0 aliphatic carbocycles. The van der Waals surface area contributed by atoms with E-state index in [1.165, 1.54) is 6.42 Å². The molecule has 2 aliphatic rings. The van der Waals surface area contributed by atoms with Crippen molar-refractivity contribution in [3.63, 3.8) is 0 Å². The lowest BCUT2D eigenvalue weighted by molar-refractivity contribution is -0.136. The van der Waals surface area contributed by atoms with E-state index in [9.17, 15) is 4.79 Å². The predicted molar refractivity (Wildman–Crippen MR) is 64.0 cm³/mol. The Labute approximate surface area is 97.8 Å². The lowest BCUT2D eigenvalue weighted by atomic mass is 9.91. The number of amides is 1. The molecule has 4 heteroatoms. The molecule has 1 unspecified atom stereocenters. The number of piperidine rings is 1. The lowest BCUT2D eigenvalue weighted by Crippen LogP contribution is -2.49. The highest BCUT2D eigenvalue weighted by molar-refractivity contribution is 5.78. The largest absolute Gasteiger partial charge is 0.341 e. The van der Waals surface area contributed by atoms with Crippen LogP contribution in [0.2, 0.25) is 0 Å². The molecule has 1 amide bonds. The molecule has 0 radical (unpaired) electrons. The summed E-state index contributed by atoms with van der Waals surface area (Å²) in [5.74, 6) is 0.959. The van der Waals surface area contributed by atoms with Crippen LogP contribution in [-0.4, -0.2) is 54.5 Å². The minimum atomic E-state index is 0.299. The van der Waals surface area contributed by atoms with E-state index in [4.69, 9.17) is 5.73 Å². The van der Waals surface area contributed by atoms with Crippen molar-refractivity contribution in [2.75, 3.05) is 32.7 Å². The van der Waals surface area contributed by atoms with Crippen molar-refractivity contribution in [2.45, 2.75) is 32.2 Å². The minimum Gasteiger partial charge on any atom is -0.341 e. The first-order valence-electron chi connectivity index (χ1n) is 6.42. The number of nitrogens with two attached hydrogens (primary N) is 1.